The predicted octanol–water partition coefficient (Wildman–Crippen LogP) is 2.87. The average molecular weight is 336 g/mol. The van der Waals surface area contributed by atoms with Crippen molar-refractivity contribution in [2.24, 2.45) is 5.41 Å². The molecule has 0 bridgehead atoms. The normalized spacial score (nSPS) is 21.6. The summed E-state index contributed by atoms with van der Waals surface area (Å²) in [5.74, 6) is 0.0612. The number of aromatic nitrogens is 2. The van der Waals surface area contributed by atoms with Gasteiger partial charge in [0.25, 0.3) is 0 Å². The minimum Gasteiger partial charge on any atom is -0.379 e. The van der Waals surface area contributed by atoms with Crippen molar-refractivity contribution in [1.29, 1.82) is 0 Å². The maximum Gasteiger partial charge on any atom is 0.186 e. The molecule has 134 valence electrons. The molecule has 1 aromatic heterocycles. The lowest BCUT2D eigenvalue weighted by Gasteiger charge is -2.42. The lowest BCUT2D eigenvalue weighted by molar-refractivity contribution is 0.0102. The summed E-state index contributed by atoms with van der Waals surface area (Å²) < 4.78 is 19.9. The standard InChI is InChI=1S/C18H29FN4O/c1-2-15-16(19)17(22-14-21-15)20-12-18(6-4-3-5-7-18)13-23-8-10-24-11-9-23/h14H,2-13H2,1H3,(H,20,21,22). The molecule has 0 amide bonds. The van der Waals surface area contributed by atoms with Crippen LogP contribution in [0.25, 0.3) is 0 Å². The minimum atomic E-state index is -0.294. The smallest absolute Gasteiger partial charge is 0.186 e. The molecule has 0 spiro atoms. The van der Waals surface area contributed by atoms with Crippen LogP contribution in [-0.4, -0.2) is 54.3 Å². The van der Waals surface area contributed by atoms with Crippen molar-refractivity contribution < 1.29 is 9.13 Å². The lowest BCUT2D eigenvalue weighted by Crippen LogP contribution is -2.47. The van der Waals surface area contributed by atoms with Crippen LogP contribution in [0.1, 0.15) is 44.7 Å². The third kappa shape index (κ3) is 4.22. The van der Waals surface area contributed by atoms with Crippen molar-refractivity contribution >= 4 is 5.82 Å². The van der Waals surface area contributed by atoms with Gasteiger partial charge in [-0.3, -0.25) is 4.90 Å². The Morgan fingerprint density at radius 1 is 1.21 bits per heavy atom. The number of aryl methyl sites for hydroxylation is 1. The molecule has 1 aliphatic heterocycles. The number of nitrogens with zero attached hydrogens (tertiary/aromatic N) is 3. The van der Waals surface area contributed by atoms with E-state index < -0.39 is 0 Å². The number of halogens is 1. The second kappa shape index (κ2) is 8.21. The fourth-order valence-electron chi connectivity index (χ4n) is 3.97. The highest BCUT2D eigenvalue weighted by Gasteiger charge is 2.34. The van der Waals surface area contributed by atoms with Crippen LogP contribution in [-0.2, 0) is 11.2 Å². The number of nitrogens with one attached hydrogen (secondary N) is 1. The Bertz CT molecular complexity index is 528. The largest absolute Gasteiger partial charge is 0.379 e. The first-order valence-corrected chi connectivity index (χ1v) is 9.26. The maximum absolute atomic E-state index is 14.4. The molecule has 0 unspecified atom stereocenters. The monoisotopic (exact) mass is 336 g/mol. The highest BCUT2D eigenvalue weighted by atomic mass is 19.1. The van der Waals surface area contributed by atoms with E-state index in [9.17, 15) is 4.39 Å². The topological polar surface area (TPSA) is 50.3 Å². The van der Waals surface area contributed by atoms with E-state index in [2.05, 4.69) is 20.2 Å². The van der Waals surface area contributed by atoms with Crippen molar-refractivity contribution in [2.45, 2.75) is 45.4 Å². The molecule has 1 aromatic rings. The molecule has 0 radical (unpaired) electrons. The Labute approximate surface area is 144 Å². The van der Waals surface area contributed by atoms with E-state index in [1.165, 1.54) is 38.4 Å². The van der Waals surface area contributed by atoms with Gasteiger partial charge in [-0.15, -0.1) is 0 Å². The molecule has 0 aromatic carbocycles. The van der Waals surface area contributed by atoms with Crippen LogP contribution in [0.5, 0.6) is 0 Å². The maximum atomic E-state index is 14.4. The molecule has 5 nitrogen and oxygen atoms in total. The van der Waals surface area contributed by atoms with Crippen LogP contribution < -0.4 is 5.32 Å². The van der Waals surface area contributed by atoms with Crippen molar-refractivity contribution in [3.05, 3.63) is 17.8 Å². The number of anilines is 1. The molecule has 1 saturated carbocycles. The average Bonchev–Trinajstić information content (AvgIpc) is 2.62. The van der Waals surface area contributed by atoms with Crippen LogP contribution in [0.4, 0.5) is 10.2 Å². The first-order valence-electron chi connectivity index (χ1n) is 9.26. The first-order chi connectivity index (χ1) is 11.7. The SMILES string of the molecule is CCc1ncnc(NCC2(CN3CCOCC3)CCCCC2)c1F. The Morgan fingerprint density at radius 3 is 2.67 bits per heavy atom. The molecule has 3 rings (SSSR count). The van der Waals surface area contributed by atoms with E-state index in [0.29, 0.717) is 17.9 Å². The molecule has 2 fully saturated rings. The van der Waals surface area contributed by atoms with Gasteiger partial charge in [0.05, 0.1) is 18.9 Å². The van der Waals surface area contributed by atoms with Crippen LogP contribution in [0, 0.1) is 11.2 Å². The highest BCUT2D eigenvalue weighted by molar-refractivity contribution is 5.37. The molecule has 1 saturated heterocycles. The van der Waals surface area contributed by atoms with E-state index in [1.807, 2.05) is 6.92 Å². The third-order valence-corrected chi connectivity index (χ3v) is 5.40. The quantitative estimate of drug-likeness (QED) is 0.866. The van der Waals surface area contributed by atoms with E-state index in [0.717, 1.165) is 39.4 Å². The van der Waals surface area contributed by atoms with Gasteiger partial charge in [-0.25, -0.2) is 14.4 Å². The van der Waals surface area contributed by atoms with E-state index in [1.54, 1.807) is 0 Å². The fraction of sp³-hybridized carbons (Fsp3) is 0.778. The zero-order valence-electron chi connectivity index (χ0n) is 14.7. The van der Waals surface area contributed by atoms with Gasteiger partial charge in [0.1, 0.15) is 6.33 Å². The second-order valence-electron chi connectivity index (χ2n) is 7.14. The molecule has 6 heteroatoms. The number of ether oxygens (including phenoxy) is 1. The number of rotatable bonds is 6. The Morgan fingerprint density at radius 2 is 1.96 bits per heavy atom. The fourth-order valence-corrected chi connectivity index (χ4v) is 3.97. The molecular weight excluding hydrogens is 307 g/mol. The minimum absolute atomic E-state index is 0.208. The summed E-state index contributed by atoms with van der Waals surface area (Å²) in [7, 11) is 0. The Balaban J connectivity index is 1.68. The Hall–Kier alpha value is -1.27. The number of hydrogen-bond acceptors (Lipinski definition) is 5. The molecule has 24 heavy (non-hydrogen) atoms. The summed E-state index contributed by atoms with van der Waals surface area (Å²) in [6.07, 6.45) is 8.28. The molecule has 2 heterocycles. The Kier molecular flexibility index (Phi) is 6.00. The van der Waals surface area contributed by atoms with Crippen LogP contribution in [0.2, 0.25) is 0 Å². The van der Waals surface area contributed by atoms with E-state index in [-0.39, 0.29) is 11.2 Å². The predicted molar refractivity (Wildman–Crippen MR) is 92.6 cm³/mol. The van der Waals surface area contributed by atoms with Gasteiger partial charge in [0.15, 0.2) is 11.6 Å². The molecule has 0 atom stereocenters. The van der Waals surface area contributed by atoms with E-state index >= 15 is 0 Å². The third-order valence-electron chi connectivity index (χ3n) is 5.40. The summed E-state index contributed by atoms with van der Waals surface area (Å²) in [5.41, 5.74) is 0.692. The second-order valence-corrected chi connectivity index (χ2v) is 7.14. The van der Waals surface area contributed by atoms with E-state index in [4.69, 9.17) is 4.74 Å². The summed E-state index contributed by atoms with van der Waals surface area (Å²) in [6.45, 7) is 7.41. The van der Waals surface area contributed by atoms with Crippen LogP contribution in [0.15, 0.2) is 6.33 Å². The summed E-state index contributed by atoms with van der Waals surface area (Å²) in [4.78, 5) is 10.6. The summed E-state index contributed by atoms with van der Waals surface area (Å²) in [5, 5.41) is 3.30. The van der Waals surface area contributed by atoms with Gasteiger partial charge in [-0.05, 0) is 19.3 Å². The number of hydrogen-bond donors (Lipinski definition) is 1. The van der Waals surface area contributed by atoms with Gasteiger partial charge >= 0.3 is 0 Å². The number of morpholine rings is 1. The van der Waals surface area contributed by atoms with Gasteiger partial charge in [0.2, 0.25) is 0 Å². The summed E-state index contributed by atoms with van der Waals surface area (Å²) >= 11 is 0. The molecule has 1 aliphatic carbocycles. The van der Waals surface area contributed by atoms with Gasteiger partial charge in [-0.1, -0.05) is 26.2 Å². The first kappa shape index (κ1) is 17.5. The van der Waals surface area contributed by atoms with Gasteiger partial charge in [0, 0.05) is 31.6 Å². The van der Waals surface area contributed by atoms with Crippen LogP contribution >= 0.6 is 0 Å². The van der Waals surface area contributed by atoms with Crippen molar-refractivity contribution in [3.8, 4) is 0 Å². The van der Waals surface area contributed by atoms with Gasteiger partial charge in [-0.2, -0.15) is 0 Å². The zero-order chi connectivity index (χ0) is 16.8. The van der Waals surface area contributed by atoms with Gasteiger partial charge < -0.3 is 10.1 Å². The molecule has 1 N–H and O–H groups in total. The highest BCUT2D eigenvalue weighted by Crippen LogP contribution is 2.37. The molecule has 2 aliphatic rings. The molecular formula is C18H29FN4O. The zero-order valence-corrected chi connectivity index (χ0v) is 14.7. The lowest BCUT2D eigenvalue weighted by atomic mass is 9.73. The summed E-state index contributed by atoms with van der Waals surface area (Å²) in [6, 6.07) is 0. The van der Waals surface area contributed by atoms with Crippen molar-refractivity contribution in [2.75, 3.05) is 44.7 Å². The van der Waals surface area contributed by atoms with Crippen molar-refractivity contribution in [1.82, 2.24) is 14.9 Å². The van der Waals surface area contributed by atoms with Crippen LogP contribution in [0.3, 0.4) is 0 Å². The van der Waals surface area contributed by atoms with Crippen molar-refractivity contribution in [3.63, 3.8) is 0 Å².